The van der Waals surface area contributed by atoms with Gasteiger partial charge in [-0.15, -0.1) is 0 Å². The van der Waals surface area contributed by atoms with Crippen molar-refractivity contribution in [1.82, 2.24) is 14.6 Å². The molecule has 0 radical (unpaired) electrons. The number of piperazine rings is 1. The zero-order chi connectivity index (χ0) is 27.0. The summed E-state index contributed by atoms with van der Waals surface area (Å²) in [5, 5.41) is 4.90. The number of benzene rings is 2. The van der Waals surface area contributed by atoms with Crippen LogP contribution in [0.5, 0.6) is 0 Å². The summed E-state index contributed by atoms with van der Waals surface area (Å²) < 4.78 is 31.9. The van der Waals surface area contributed by atoms with E-state index in [0.717, 1.165) is 39.1 Å². The average Bonchev–Trinajstić information content (AvgIpc) is 3.32. The van der Waals surface area contributed by atoms with Gasteiger partial charge in [0.05, 0.1) is 11.0 Å². The SMILES string of the molecule is CNC1C(C)(C)c2ccc(CCN3CCN(c4nsc5ccccc45)CC3)cc2C1(C)C.CS(=O)(=O)O. The van der Waals surface area contributed by atoms with Crippen LogP contribution in [-0.2, 0) is 27.4 Å². The van der Waals surface area contributed by atoms with Crippen LogP contribution in [0, 0.1) is 0 Å². The lowest BCUT2D eigenvalue weighted by molar-refractivity contribution is 0.260. The van der Waals surface area contributed by atoms with Crippen molar-refractivity contribution in [3.8, 4) is 0 Å². The summed E-state index contributed by atoms with van der Waals surface area (Å²) in [5.74, 6) is 1.17. The van der Waals surface area contributed by atoms with E-state index in [0.29, 0.717) is 12.3 Å². The van der Waals surface area contributed by atoms with Crippen molar-refractivity contribution in [1.29, 1.82) is 0 Å². The lowest BCUT2D eigenvalue weighted by Crippen LogP contribution is -2.48. The Kier molecular flexibility index (Phi) is 8.03. The van der Waals surface area contributed by atoms with Gasteiger partial charge in [-0.3, -0.25) is 9.45 Å². The van der Waals surface area contributed by atoms with Crippen molar-refractivity contribution < 1.29 is 13.0 Å². The molecule has 0 bridgehead atoms. The zero-order valence-electron chi connectivity index (χ0n) is 22.8. The summed E-state index contributed by atoms with van der Waals surface area (Å²) >= 11 is 1.62. The largest absolute Gasteiger partial charge is 0.353 e. The number of likely N-dealkylation sites (N-methyl/N-ethyl adjacent to an activating group) is 1. The Morgan fingerprint density at radius 2 is 1.65 bits per heavy atom. The van der Waals surface area contributed by atoms with Crippen LogP contribution < -0.4 is 10.2 Å². The molecule has 0 amide bonds. The molecule has 37 heavy (non-hydrogen) atoms. The van der Waals surface area contributed by atoms with Crippen molar-refractivity contribution >= 4 is 37.6 Å². The Morgan fingerprint density at radius 1 is 1.03 bits per heavy atom. The molecule has 2 aliphatic rings. The molecule has 1 aliphatic heterocycles. The number of hydrogen-bond donors (Lipinski definition) is 2. The molecule has 1 unspecified atom stereocenters. The molecule has 7 nitrogen and oxygen atoms in total. The molecule has 9 heteroatoms. The summed E-state index contributed by atoms with van der Waals surface area (Å²) in [6, 6.07) is 16.3. The van der Waals surface area contributed by atoms with E-state index in [2.05, 4.69) is 92.3 Å². The second kappa shape index (κ2) is 10.6. The first-order valence-electron chi connectivity index (χ1n) is 12.9. The van der Waals surface area contributed by atoms with Gasteiger partial charge in [0.25, 0.3) is 10.1 Å². The van der Waals surface area contributed by atoms with Crippen molar-refractivity contribution in [2.75, 3.05) is 50.9 Å². The van der Waals surface area contributed by atoms with Gasteiger partial charge < -0.3 is 10.2 Å². The predicted octanol–water partition coefficient (Wildman–Crippen LogP) is 4.32. The maximum absolute atomic E-state index is 9.19. The van der Waals surface area contributed by atoms with E-state index in [1.54, 1.807) is 11.5 Å². The second-order valence-electron chi connectivity index (χ2n) is 11.4. The van der Waals surface area contributed by atoms with Crippen LogP contribution in [0.3, 0.4) is 0 Å². The first-order chi connectivity index (χ1) is 17.3. The molecule has 1 aliphatic carbocycles. The monoisotopic (exact) mass is 544 g/mol. The van der Waals surface area contributed by atoms with Gasteiger partial charge in [-0.25, -0.2) is 0 Å². The van der Waals surface area contributed by atoms with Gasteiger partial charge in [0.1, 0.15) is 5.82 Å². The van der Waals surface area contributed by atoms with Crippen molar-refractivity contribution in [2.24, 2.45) is 0 Å². The molecule has 2 aromatic carbocycles. The molecular formula is C28H40N4O3S2. The number of hydrogen-bond acceptors (Lipinski definition) is 7. The van der Waals surface area contributed by atoms with Crippen LogP contribution >= 0.6 is 11.5 Å². The average molecular weight is 545 g/mol. The first-order valence-corrected chi connectivity index (χ1v) is 15.5. The molecule has 3 aromatic rings. The number of aromatic nitrogens is 1. The van der Waals surface area contributed by atoms with Gasteiger partial charge in [-0.2, -0.15) is 12.8 Å². The summed E-state index contributed by atoms with van der Waals surface area (Å²) in [7, 11) is -1.56. The molecule has 1 aromatic heterocycles. The van der Waals surface area contributed by atoms with Gasteiger partial charge in [0.15, 0.2) is 0 Å². The molecule has 0 spiro atoms. The fourth-order valence-corrected chi connectivity index (χ4v) is 7.14. The zero-order valence-corrected chi connectivity index (χ0v) is 24.4. The van der Waals surface area contributed by atoms with Gasteiger partial charge >= 0.3 is 0 Å². The Bertz CT molecular complexity index is 1330. The molecule has 202 valence electrons. The van der Waals surface area contributed by atoms with Crippen molar-refractivity contribution in [3.05, 3.63) is 59.2 Å². The summed E-state index contributed by atoms with van der Waals surface area (Å²) in [5.41, 5.74) is 4.81. The molecular weight excluding hydrogens is 504 g/mol. The van der Waals surface area contributed by atoms with Crippen molar-refractivity contribution in [3.63, 3.8) is 0 Å². The van der Waals surface area contributed by atoms with Crippen molar-refractivity contribution in [2.45, 2.75) is 51.0 Å². The number of anilines is 1. The first kappa shape index (κ1) is 28.0. The highest BCUT2D eigenvalue weighted by Gasteiger charge is 2.50. The van der Waals surface area contributed by atoms with Crippen LogP contribution in [0.1, 0.15) is 44.4 Å². The Hall–Kier alpha value is -2.04. The lowest BCUT2D eigenvalue weighted by atomic mass is 9.76. The van der Waals surface area contributed by atoms with Crippen LogP contribution in [-0.4, -0.2) is 74.3 Å². The molecule has 1 saturated heterocycles. The quantitative estimate of drug-likeness (QED) is 0.463. The van der Waals surface area contributed by atoms with Crippen LogP contribution in [0.2, 0.25) is 0 Å². The van der Waals surface area contributed by atoms with Crippen LogP contribution in [0.4, 0.5) is 5.82 Å². The molecule has 1 atom stereocenters. The predicted molar refractivity (Wildman–Crippen MR) is 155 cm³/mol. The number of nitrogens with one attached hydrogen (secondary N) is 1. The van der Waals surface area contributed by atoms with Gasteiger partial charge in [-0.1, -0.05) is 58.0 Å². The standard InChI is InChI=1S/C27H36N4S.CH4O3S/c1-26(2)21-11-10-19(18-22(21)27(3,4)25(26)28-5)12-13-30-14-16-31(17-15-30)24-20-8-6-7-9-23(20)32-29-24;1-5(2,3)4/h6-11,18,25,28H,12-17H2,1-5H3;1H3,(H,2,3,4). The van der Waals surface area contributed by atoms with E-state index in [1.807, 2.05) is 0 Å². The van der Waals surface area contributed by atoms with Gasteiger partial charge in [0.2, 0.25) is 0 Å². The topological polar surface area (TPSA) is 85.8 Å². The third-order valence-corrected chi connectivity index (χ3v) is 8.77. The second-order valence-corrected chi connectivity index (χ2v) is 13.6. The highest BCUT2D eigenvalue weighted by atomic mass is 32.2. The summed E-state index contributed by atoms with van der Waals surface area (Å²) in [6.07, 6.45) is 1.83. The number of fused-ring (bicyclic) bond motifs is 2. The Labute approximate surface area is 225 Å². The summed E-state index contributed by atoms with van der Waals surface area (Å²) in [6.45, 7) is 15.0. The Morgan fingerprint density at radius 3 is 2.30 bits per heavy atom. The normalized spacial score (nSPS) is 20.9. The lowest BCUT2D eigenvalue weighted by Gasteiger charge is -2.35. The third kappa shape index (κ3) is 6.01. The van der Waals surface area contributed by atoms with E-state index >= 15 is 0 Å². The molecule has 5 rings (SSSR count). The van der Waals surface area contributed by atoms with E-state index in [4.69, 9.17) is 8.93 Å². The molecule has 2 N–H and O–H groups in total. The van der Waals surface area contributed by atoms with Gasteiger partial charge in [-0.05, 0) is 53.8 Å². The number of rotatable bonds is 5. The summed E-state index contributed by atoms with van der Waals surface area (Å²) in [4.78, 5) is 5.08. The minimum Gasteiger partial charge on any atom is -0.353 e. The van der Waals surface area contributed by atoms with Gasteiger partial charge in [0, 0.05) is 55.0 Å². The van der Waals surface area contributed by atoms with Crippen LogP contribution in [0.15, 0.2) is 42.5 Å². The molecule has 1 fully saturated rings. The van der Waals surface area contributed by atoms with E-state index in [1.165, 1.54) is 32.6 Å². The third-order valence-electron chi connectivity index (χ3n) is 7.95. The molecule has 0 saturated carbocycles. The van der Waals surface area contributed by atoms with E-state index in [9.17, 15) is 8.42 Å². The Balaban J connectivity index is 0.000000586. The molecule has 2 heterocycles. The van der Waals surface area contributed by atoms with E-state index < -0.39 is 10.1 Å². The fraction of sp³-hybridized carbons (Fsp3) is 0.536. The highest BCUT2D eigenvalue weighted by Crippen LogP contribution is 2.49. The minimum atomic E-state index is -3.67. The maximum atomic E-state index is 9.19. The minimum absolute atomic E-state index is 0.144. The highest BCUT2D eigenvalue weighted by molar-refractivity contribution is 7.85. The fourth-order valence-electron chi connectivity index (χ4n) is 6.35. The maximum Gasteiger partial charge on any atom is 0.261 e. The number of nitrogens with zero attached hydrogens (tertiary/aromatic N) is 3. The smallest absolute Gasteiger partial charge is 0.261 e. The van der Waals surface area contributed by atoms with Crippen LogP contribution in [0.25, 0.3) is 10.1 Å². The van der Waals surface area contributed by atoms with E-state index in [-0.39, 0.29) is 10.8 Å².